The van der Waals surface area contributed by atoms with Crippen LogP contribution in [0.5, 0.6) is 5.88 Å². The van der Waals surface area contributed by atoms with Gasteiger partial charge in [-0.05, 0) is 12.1 Å². The van der Waals surface area contributed by atoms with Gasteiger partial charge >= 0.3 is 0 Å². The molecule has 5 nitrogen and oxygen atoms in total. The summed E-state index contributed by atoms with van der Waals surface area (Å²) in [5.41, 5.74) is 5.97. The zero-order valence-corrected chi connectivity index (χ0v) is 10.1. The number of nitrogens with zero attached hydrogens (tertiary/aromatic N) is 3. The number of methoxy groups -OCH3 is 1. The van der Waals surface area contributed by atoms with E-state index in [0.717, 1.165) is 0 Å². The Kier molecular flexibility index (Phi) is 3.27. The van der Waals surface area contributed by atoms with Crippen molar-refractivity contribution in [2.24, 2.45) is 0 Å². The second-order valence-electron chi connectivity index (χ2n) is 3.64. The van der Waals surface area contributed by atoms with Crippen molar-refractivity contribution in [2.45, 2.75) is 0 Å². The van der Waals surface area contributed by atoms with E-state index in [1.54, 1.807) is 36.2 Å². The molecule has 18 heavy (non-hydrogen) atoms. The van der Waals surface area contributed by atoms with Crippen LogP contribution in [0.4, 0.5) is 21.8 Å². The van der Waals surface area contributed by atoms with E-state index in [-0.39, 0.29) is 11.8 Å². The Morgan fingerprint density at radius 1 is 1.28 bits per heavy atom. The number of benzene rings is 1. The van der Waals surface area contributed by atoms with Crippen LogP contribution >= 0.6 is 0 Å². The van der Waals surface area contributed by atoms with Crippen molar-refractivity contribution >= 4 is 17.5 Å². The number of hydrogen-bond donors (Lipinski definition) is 1. The summed E-state index contributed by atoms with van der Waals surface area (Å²) >= 11 is 0. The van der Waals surface area contributed by atoms with Crippen molar-refractivity contribution in [2.75, 3.05) is 24.8 Å². The Bertz CT molecular complexity index is 562. The highest BCUT2D eigenvalue weighted by Gasteiger charge is 2.12. The monoisotopic (exact) mass is 248 g/mol. The van der Waals surface area contributed by atoms with Crippen molar-refractivity contribution < 1.29 is 9.13 Å². The molecule has 0 atom stereocenters. The van der Waals surface area contributed by atoms with Crippen molar-refractivity contribution in [3.63, 3.8) is 0 Å². The maximum atomic E-state index is 13.7. The first-order valence-electron chi connectivity index (χ1n) is 5.28. The van der Waals surface area contributed by atoms with Crippen LogP contribution in [0.1, 0.15) is 0 Å². The smallest absolute Gasteiger partial charge is 0.225 e. The van der Waals surface area contributed by atoms with Gasteiger partial charge in [0.05, 0.1) is 12.8 Å². The van der Waals surface area contributed by atoms with E-state index < -0.39 is 0 Å². The molecule has 1 aromatic carbocycles. The quantitative estimate of drug-likeness (QED) is 0.899. The number of halogens is 1. The first-order valence-corrected chi connectivity index (χ1v) is 5.28. The van der Waals surface area contributed by atoms with E-state index in [0.29, 0.717) is 17.4 Å². The Hall–Kier alpha value is -2.37. The topological polar surface area (TPSA) is 64.3 Å². The van der Waals surface area contributed by atoms with Crippen molar-refractivity contribution in [1.82, 2.24) is 9.97 Å². The average molecular weight is 248 g/mol. The average Bonchev–Trinajstić information content (AvgIpc) is 2.37. The number of nitrogen functional groups attached to an aromatic ring is 1. The molecule has 2 aromatic rings. The zero-order valence-electron chi connectivity index (χ0n) is 10.1. The van der Waals surface area contributed by atoms with Crippen LogP contribution in [0.15, 0.2) is 30.3 Å². The third kappa shape index (κ3) is 2.32. The predicted molar refractivity (Wildman–Crippen MR) is 67.5 cm³/mol. The number of anilines is 3. The van der Waals surface area contributed by atoms with Crippen molar-refractivity contribution in [1.29, 1.82) is 0 Å². The van der Waals surface area contributed by atoms with Gasteiger partial charge in [0.15, 0.2) is 0 Å². The van der Waals surface area contributed by atoms with Crippen LogP contribution in [-0.2, 0) is 0 Å². The molecule has 0 fully saturated rings. The molecule has 0 amide bonds. The summed E-state index contributed by atoms with van der Waals surface area (Å²) < 4.78 is 18.7. The number of rotatable bonds is 3. The molecular weight excluding hydrogens is 235 g/mol. The van der Waals surface area contributed by atoms with E-state index in [9.17, 15) is 4.39 Å². The molecule has 0 aliphatic rings. The highest BCUT2D eigenvalue weighted by Crippen LogP contribution is 2.26. The summed E-state index contributed by atoms with van der Waals surface area (Å²) in [5, 5.41) is 0. The minimum atomic E-state index is -0.337. The fraction of sp³-hybridized carbons (Fsp3) is 0.167. The van der Waals surface area contributed by atoms with Crippen LogP contribution in [0, 0.1) is 5.82 Å². The third-order valence-corrected chi connectivity index (χ3v) is 2.47. The molecule has 0 radical (unpaired) electrons. The predicted octanol–water partition coefficient (Wildman–Crippen LogP) is 1.97. The molecule has 2 rings (SSSR count). The first kappa shape index (κ1) is 12.1. The molecule has 0 aliphatic carbocycles. The van der Waals surface area contributed by atoms with Crippen LogP contribution in [-0.4, -0.2) is 24.1 Å². The second kappa shape index (κ2) is 4.87. The summed E-state index contributed by atoms with van der Waals surface area (Å²) in [6.07, 6.45) is 0. The Morgan fingerprint density at radius 3 is 2.67 bits per heavy atom. The van der Waals surface area contributed by atoms with Gasteiger partial charge in [0.25, 0.3) is 0 Å². The molecule has 6 heteroatoms. The van der Waals surface area contributed by atoms with E-state index in [2.05, 4.69) is 9.97 Å². The summed E-state index contributed by atoms with van der Waals surface area (Å²) in [5.74, 6) is 0.536. The van der Waals surface area contributed by atoms with Gasteiger partial charge < -0.3 is 15.4 Å². The maximum Gasteiger partial charge on any atom is 0.225 e. The molecule has 0 unspecified atom stereocenters. The molecule has 0 aliphatic heterocycles. The van der Waals surface area contributed by atoms with Crippen molar-refractivity contribution in [3.05, 3.63) is 36.1 Å². The fourth-order valence-electron chi connectivity index (χ4n) is 1.55. The van der Waals surface area contributed by atoms with Crippen LogP contribution in [0.2, 0.25) is 0 Å². The van der Waals surface area contributed by atoms with Gasteiger partial charge in [-0.25, -0.2) is 4.39 Å². The van der Waals surface area contributed by atoms with Gasteiger partial charge in [-0.2, -0.15) is 9.97 Å². The van der Waals surface area contributed by atoms with Gasteiger partial charge in [0.2, 0.25) is 11.8 Å². The van der Waals surface area contributed by atoms with Crippen LogP contribution in [0.3, 0.4) is 0 Å². The Labute approximate surface area is 104 Å². The largest absolute Gasteiger partial charge is 0.481 e. The lowest BCUT2D eigenvalue weighted by atomic mass is 10.3. The minimum absolute atomic E-state index is 0.0764. The SMILES string of the molecule is COc1cc(N(C)c2ccccc2F)nc(N)n1. The van der Waals surface area contributed by atoms with Crippen LogP contribution in [0.25, 0.3) is 0 Å². The zero-order chi connectivity index (χ0) is 13.1. The molecule has 0 saturated heterocycles. The van der Waals surface area contributed by atoms with Gasteiger partial charge in [0.1, 0.15) is 11.6 Å². The summed E-state index contributed by atoms with van der Waals surface area (Å²) in [4.78, 5) is 9.50. The Balaban J connectivity index is 2.43. The highest BCUT2D eigenvalue weighted by molar-refractivity contribution is 5.61. The molecule has 0 saturated carbocycles. The number of ether oxygens (including phenoxy) is 1. The number of aromatic nitrogens is 2. The molecular formula is C12H13FN4O. The minimum Gasteiger partial charge on any atom is -0.481 e. The lowest BCUT2D eigenvalue weighted by Crippen LogP contribution is -2.14. The standard InChI is InChI=1S/C12H13FN4O/c1-17(9-6-4-3-5-8(9)13)10-7-11(18-2)16-12(14)15-10/h3-7H,1-2H3,(H2,14,15,16). The van der Waals surface area contributed by atoms with Gasteiger partial charge in [0, 0.05) is 13.1 Å². The van der Waals surface area contributed by atoms with E-state index in [1.807, 2.05) is 0 Å². The summed E-state index contributed by atoms with van der Waals surface area (Å²) in [6.45, 7) is 0. The number of hydrogen-bond acceptors (Lipinski definition) is 5. The highest BCUT2D eigenvalue weighted by atomic mass is 19.1. The molecule has 1 aromatic heterocycles. The van der Waals surface area contributed by atoms with Crippen molar-refractivity contribution in [3.8, 4) is 5.88 Å². The summed E-state index contributed by atoms with van der Waals surface area (Å²) in [6, 6.07) is 7.99. The normalized spacial score (nSPS) is 10.2. The molecule has 0 bridgehead atoms. The first-order chi connectivity index (χ1) is 8.61. The van der Waals surface area contributed by atoms with E-state index in [4.69, 9.17) is 10.5 Å². The molecule has 2 N–H and O–H groups in total. The fourth-order valence-corrected chi connectivity index (χ4v) is 1.55. The lowest BCUT2D eigenvalue weighted by molar-refractivity contribution is 0.398. The molecule has 0 spiro atoms. The van der Waals surface area contributed by atoms with E-state index in [1.165, 1.54) is 13.2 Å². The third-order valence-electron chi connectivity index (χ3n) is 2.47. The maximum absolute atomic E-state index is 13.7. The summed E-state index contributed by atoms with van der Waals surface area (Å²) in [7, 11) is 3.17. The van der Waals surface area contributed by atoms with Gasteiger partial charge in [-0.15, -0.1) is 0 Å². The van der Waals surface area contributed by atoms with Gasteiger partial charge in [-0.1, -0.05) is 12.1 Å². The number of nitrogens with two attached hydrogens (primary N) is 1. The van der Waals surface area contributed by atoms with Crippen LogP contribution < -0.4 is 15.4 Å². The van der Waals surface area contributed by atoms with E-state index >= 15 is 0 Å². The Morgan fingerprint density at radius 2 is 2.00 bits per heavy atom. The second-order valence-corrected chi connectivity index (χ2v) is 3.64. The van der Waals surface area contributed by atoms with Gasteiger partial charge in [-0.3, -0.25) is 0 Å². The number of para-hydroxylation sites is 1. The molecule has 1 heterocycles. The lowest BCUT2D eigenvalue weighted by Gasteiger charge is -2.19. The molecule has 94 valence electrons.